The lowest BCUT2D eigenvalue weighted by Crippen LogP contribution is -2.29. The number of hydrogen-bond acceptors (Lipinski definition) is 5. The first kappa shape index (κ1) is 13.8. The van der Waals surface area contributed by atoms with Gasteiger partial charge in [0.05, 0.1) is 12.2 Å². The standard InChI is InChI=1S/C14H13N5O3/c1-18-6-3-5-11(18)13-16-12(22-17-13)8-15-14(20)10-4-2-7-19(21)9-10/h2-7,9H,8H2,1H3,(H,15,20). The van der Waals surface area contributed by atoms with Gasteiger partial charge < -0.3 is 19.6 Å². The molecule has 112 valence electrons. The topological polar surface area (TPSA) is 99.9 Å². The van der Waals surface area contributed by atoms with Crippen molar-refractivity contribution in [2.45, 2.75) is 6.54 Å². The van der Waals surface area contributed by atoms with Crippen molar-refractivity contribution in [1.29, 1.82) is 0 Å². The second-order valence-electron chi connectivity index (χ2n) is 4.65. The van der Waals surface area contributed by atoms with Gasteiger partial charge >= 0.3 is 0 Å². The number of aryl methyl sites for hydroxylation is 1. The Balaban J connectivity index is 1.66. The van der Waals surface area contributed by atoms with Crippen molar-refractivity contribution in [2.24, 2.45) is 7.05 Å². The highest BCUT2D eigenvalue weighted by atomic mass is 16.5. The molecule has 8 nitrogen and oxygen atoms in total. The lowest BCUT2D eigenvalue weighted by molar-refractivity contribution is -0.605. The van der Waals surface area contributed by atoms with Crippen LogP contribution in [0.1, 0.15) is 16.2 Å². The molecule has 0 atom stereocenters. The van der Waals surface area contributed by atoms with Gasteiger partial charge in [-0.05, 0) is 18.2 Å². The molecule has 3 aromatic rings. The van der Waals surface area contributed by atoms with Crippen LogP contribution >= 0.6 is 0 Å². The van der Waals surface area contributed by atoms with Crippen molar-refractivity contribution >= 4 is 5.91 Å². The van der Waals surface area contributed by atoms with Gasteiger partial charge in [-0.2, -0.15) is 9.71 Å². The number of pyridine rings is 1. The van der Waals surface area contributed by atoms with Crippen molar-refractivity contribution in [3.8, 4) is 11.5 Å². The van der Waals surface area contributed by atoms with Crippen molar-refractivity contribution in [1.82, 2.24) is 20.0 Å². The molecule has 0 saturated heterocycles. The molecule has 0 spiro atoms. The Bertz CT molecular complexity index is 808. The molecule has 1 amide bonds. The second kappa shape index (κ2) is 5.68. The fourth-order valence-corrected chi connectivity index (χ4v) is 1.97. The zero-order valence-corrected chi connectivity index (χ0v) is 11.8. The number of hydrogen-bond donors (Lipinski definition) is 1. The smallest absolute Gasteiger partial charge is 0.257 e. The average molecular weight is 299 g/mol. The molecule has 8 heteroatoms. The van der Waals surface area contributed by atoms with Gasteiger partial charge in [0.25, 0.3) is 5.91 Å². The van der Waals surface area contributed by atoms with E-state index >= 15 is 0 Å². The lowest BCUT2D eigenvalue weighted by atomic mass is 10.3. The van der Waals surface area contributed by atoms with Crippen molar-refractivity contribution in [3.63, 3.8) is 0 Å². The van der Waals surface area contributed by atoms with Crippen LogP contribution in [0, 0.1) is 5.21 Å². The summed E-state index contributed by atoms with van der Waals surface area (Å²) in [6.07, 6.45) is 4.38. The third-order valence-electron chi connectivity index (χ3n) is 3.08. The van der Waals surface area contributed by atoms with Crippen LogP contribution in [0.15, 0.2) is 47.4 Å². The Morgan fingerprint density at radius 3 is 3.05 bits per heavy atom. The predicted molar refractivity (Wildman–Crippen MR) is 75.3 cm³/mol. The minimum atomic E-state index is -0.385. The number of amides is 1. The van der Waals surface area contributed by atoms with Gasteiger partial charge in [-0.15, -0.1) is 0 Å². The molecule has 0 aliphatic rings. The number of nitrogens with one attached hydrogen (secondary N) is 1. The third kappa shape index (κ3) is 2.80. The summed E-state index contributed by atoms with van der Waals surface area (Å²) >= 11 is 0. The molecule has 3 heterocycles. The summed E-state index contributed by atoms with van der Waals surface area (Å²) in [6, 6.07) is 6.79. The zero-order valence-electron chi connectivity index (χ0n) is 11.8. The molecule has 0 radical (unpaired) electrons. The lowest BCUT2D eigenvalue weighted by Gasteiger charge is -2.01. The van der Waals surface area contributed by atoms with E-state index in [4.69, 9.17) is 4.52 Å². The van der Waals surface area contributed by atoms with E-state index in [1.165, 1.54) is 18.5 Å². The first-order valence-electron chi connectivity index (χ1n) is 6.55. The summed E-state index contributed by atoms with van der Waals surface area (Å²) in [5.41, 5.74) is 1.08. The Morgan fingerprint density at radius 2 is 2.32 bits per heavy atom. The molecule has 0 aliphatic carbocycles. The van der Waals surface area contributed by atoms with Crippen LogP contribution in [0.25, 0.3) is 11.5 Å². The molecular weight excluding hydrogens is 286 g/mol. The van der Waals surface area contributed by atoms with Gasteiger partial charge in [0.15, 0.2) is 12.4 Å². The zero-order chi connectivity index (χ0) is 15.5. The number of nitrogens with zero attached hydrogens (tertiary/aromatic N) is 4. The second-order valence-corrected chi connectivity index (χ2v) is 4.65. The fourth-order valence-electron chi connectivity index (χ4n) is 1.97. The number of carbonyl (C=O) groups excluding carboxylic acids is 1. The predicted octanol–water partition coefficient (Wildman–Crippen LogP) is 0.638. The van der Waals surface area contributed by atoms with Gasteiger partial charge in [-0.25, -0.2) is 0 Å². The fraction of sp³-hybridized carbons (Fsp3) is 0.143. The first-order valence-corrected chi connectivity index (χ1v) is 6.55. The summed E-state index contributed by atoms with van der Waals surface area (Å²) in [5, 5.41) is 17.6. The molecular formula is C14H13N5O3. The quantitative estimate of drug-likeness (QED) is 0.563. The SMILES string of the molecule is Cn1cccc1-c1noc(CNC(=O)c2ccc[n+]([O-])c2)n1. The molecule has 3 aromatic heterocycles. The highest BCUT2D eigenvalue weighted by molar-refractivity contribution is 5.93. The maximum Gasteiger partial charge on any atom is 0.257 e. The molecule has 0 fully saturated rings. The van der Waals surface area contributed by atoms with Crippen molar-refractivity contribution in [3.05, 3.63) is 59.5 Å². The molecule has 0 saturated carbocycles. The third-order valence-corrected chi connectivity index (χ3v) is 3.08. The van der Waals surface area contributed by atoms with E-state index in [-0.39, 0.29) is 23.9 Å². The van der Waals surface area contributed by atoms with Crippen LogP contribution in [0.4, 0.5) is 0 Å². The van der Waals surface area contributed by atoms with E-state index in [0.717, 1.165) is 5.69 Å². The Labute approximate surface area is 125 Å². The summed E-state index contributed by atoms with van der Waals surface area (Å²) in [4.78, 5) is 16.1. The van der Waals surface area contributed by atoms with Gasteiger partial charge in [-0.1, -0.05) is 5.16 Å². The van der Waals surface area contributed by atoms with Gasteiger partial charge in [0.1, 0.15) is 5.56 Å². The van der Waals surface area contributed by atoms with E-state index in [1.807, 2.05) is 29.9 Å². The van der Waals surface area contributed by atoms with E-state index in [2.05, 4.69) is 15.5 Å². The Morgan fingerprint density at radius 1 is 1.45 bits per heavy atom. The Hall–Kier alpha value is -3.16. The van der Waals surface area contributed by atoms with E-state index in [1.54, 1.807) is 6.07 Å². The molecule has 0 aliphatic heterocycles. The minimum Gasteiger partial charge on any atom is -0.619 e. The largest absolute Gasteiger partial charge is 0.619 e. The molecule has 3 rings (SSSR count). The first-order chi connectivity index (χ1) is 10.6. The van der Waals surface area contributed by atoms with Gasteiger partial charge in [0.2, 0.25) is 11.7 Å². The van der Waals surface area contributed by atoms with E-state index < -0.39 is 0 Å². The van der Waals surface area contributed by atoms with Gasteiger partial charge in [-0.3, -0.25) is 4.79 Å². The summed E-state index contributed by atoms with van der Waals surface area (Å²) in [7, 11) is 1.88. The molecule has 0 aromatic carbocycles. The van der Waals surface area contributed by atoms with Crippen molar-refractivity contribution in [2.75, 3.05) is 0 Å². The molecule has 1 N–H and O–H groups in total. The summed E-state index contributed by atoms with van der Waals surface area (Å²) in [6.45, 7) is 0.0873. The monoisotopic (exact) mass is 299 g/mol. The maximum absolute atomic E-state index is 11.9. The van der Waals surface area contributed by atoms with Crippen LogP contribution in [-0.2, 0) is 13.6 Å². The van der Waals surface area contributed by atoms with E-state index in [0.29, 0.717) is 10.6 Å². The molecule has 0 bridgehead atoms. The van der Waals surface area contributed by atoms with Crippen LogP contribution in [0.3, 0.4) is 0 Å². The Kier molecular flexibility index (Phi) is 3.57. The molecule has 22 heavy (non-hydrogen) atoms. The normalized spacial score (nSPS) is 10.6. The summed E-state index contributed by atoms with van der Waals surface area (Å²) < 4.78 is 7.53. The number of carbonyl (C=O) groups is 1. The average Bonchev–Trinajstić information content (AvgIpc) is 3.13. The van der Waals surface area contributed by atoms with Crippen molar-refractivity contribution < 1.29 is 14.0 Å². The summed E-state index contributed by atoms with van der Waals surface area (Å²) in [5.74, 6) is 0.355. The van der Waals surface area contributed by atoms with Crippen LogP contribution in [-0.4, -0.2) is 20.6 Å². The van der Waals surface area contributed by atoms with E-state index in [9.17, 15) is 10.0 Å². The molecule has 0 unspecified atom stereocenters. The maximum atomic E-state index is 11.9. The number of aromatic nitrogens is 4. The van der Waals surface area contributed by atoms with Gasteiger partial charge in [0, 0.05) is 19.3 Å². The minimum absolute atomic E-state index is 0.0873. The highest BCUT2D eigenvalue weighted by Crippen LogP contribution is 2.15. The number of rotatable bonds is 4. The highest BCUT2D eigenvalue weighted by Gasteiger charge is 2.13. The van der Waals surface area contributed by atoms with Crippen LogP contribution in [0.5, 0.6) is 0 Å². The van der Waals surface area contributed by atoms with Crippen LogP contribution in [0.2, 0.25) is 0 Å². The van der Waals surface area contributed by atoms with Crippen LogP contribution < -0.4 is 10.0 Å².